The van der Waals surface area contributed by atoms with E-state index < -0.39 is 5.97 Å². The van der Waals surface area contributed by atoms with Gasteiger partial charge in [0.2, 0.25) is 0 Å². The SMILES string of the molecule is CCC(=O)[O-].CCCCCCCC[N+](CC)(CCCCCCCC)OC. The quantitative estimate of drug-likeness (QED) is 0.199. The predicted octanol–water partition coefficient (Wildman–Crippen LogP) is 5.25. The average molecular weight is 374 g/mol. The van der Waals surface area contributed by atoms with Gasteiger partial charge in [-0.25, -0.2) is 4.84 Å². The predicted molar refractivity (Wildman–Crippen MR) is 110 cm³/mol. The zero-order valence-electron chi connectivity index (χ0n) is 18.5. The van der Waals surface area contributed by atoms with Crippen molar-refractivity contribution in [1.82, 2.24) is 0 Å². The van der Waals surface area contributed by atoms with Crippen molar-refractivity contribution in [2.24, 2.45) is 0 Å². The number of carboxylic acids is 1. The van der Waals surface area contributed by atoms with Gasteiger partial charge < -0.3 is 9.90 Å². The maximum atomic E-state index is 9.26. The van der Waals surface area contributed by atoms with E-state index in [1.807, 2.05) is 7.11 Å². The van der Waals surface area contributed by atoms with Gasteiger partial charge in [-0.1, -0.05) is 72.1 Å². The number of carbonyl (C=O) groups is 1. The topological polar surface area (TPSA) is 49.4 Å². The van der Waals surface area contributed by atoms with Crippen LogP contribution in [0.5, 0.6) is 0 Å². The molecule has 0 saturated heterocycles. The molecule has 158 valence electrons. The molecule has 0 spiro atoms. The normalized spacial score (nSPS) is 11.1. The molecule has 0 N–H and O–H groups in total. The summed E-state index contributed by atoms with van der Waals surface area (Å²) in [5.41, 5.74) is 0. The molecular weight excluding hydrogens is 326 g/mol. The molecule has 0 bridgehead atoms. The Morgan fingerprint density at radius 3 is 1.35 bits per heavy atom. The zero-order chi connectivity index (χ0) is 20.1. The highest BCUT2D eigenvalue weighted by molar-refractivity contribution is 5.63. The molecule has 0 amide bonds. The Labute approximate surface area is 163 Å². The molecule has 0 aromatic carbocycles. The van der Waals surface area contributed by atoms with Gasteiger partial charge in [0.25, 0.3) is 0 Å². The van der Waals surface area contributed by atoms with E-state index in [-0.39, 0.29) is 6.42 Å². The van der Waals surface area contributed by atoms with E-state index in [0.717, 1.165) is 11.2 Å². The summed E-state index contributed by atoms with van der Waals surface area (Å²) in [7, 11) is 1.90. The molecular formula is C22H47NO3. The van der Waals surface area contributed by atoms with Crippen molar-refractivity contribution in [3.63, 3.8) is 0 Å². The van der Waals surface area contributed by atoms with Crippen molar-refractivity contribution in [3.05, 3.63) is 0 Å². The molecule has 4 nitrogen and oxygen atoms in total. The molecule has 0 heterocycles. The minimum Gasteiger partial charge on any atom is -0.550 e. The largest absolute Gasteiger partial charge is 0.550 e. The highest BCUT2D eigenvalue weighted by Gasteiger charge is 2.24. The lowest BCUT2D eigenvalue weighted by atomic mass is 10.1. The summed E-state index contributed by atoms with van der Waals surface area (Å²) in [4.78, 5) is 15.1. The molecule has 4 heteroatoms. The lowest BCUT2D eigenvalue weighted by Gasteiger charge is -2.33. The Bertz CT molecular complexity index is 273. The van der Waals surface area contributed by atoms with Gasteiger partial charge >= 0.3 is 0 Å². The van der Waals surface area contributed by atoms with Crippen molar-refractivity contribution >= 4 is 5.97 Å². The third-order valence-corrected chi connectivity index (χ3v) is 5.09. The van der Waals surface area contributed by atoms with Gasteiger partial charge in [-0.3, -0.25) is 0 Å². The van der Waals surface area contributed by atoms with Gasteiger partial charge in [0.05, 0.1) is 7.11 Å². The smallest absolute Gasteiger partial charge is 0.109 e. The number of rotatable bonds is 17. The van der Waals surface area contributed by atoms with Gasteiger partial charge in [-0.2, -0.15) is 4.65 Å². The second-order valence-corrected chi connectivity index (χ2v) is 7.27. The second-order valence-electron chi connectivity index (χ2n) is 7.27. The molecule has 0 radical (unpaired) electrons. The van der Waals surface area contributed by atoms with Crippen molar-refractivity contribution in [2.45, 2.75) is 111 Å². The Morgan fingerprint density at radius 1 is 0.731 bits per heavy atom. The number of unbranched alkanes of at least 4 members (excludes halogenated alkanes) is 10. The molecule has 0 unspecified atom stereocenters. The Hall–Kier alpha value is -0.610. The molecule has 0 atom stereocenters. The summed E-state index contributed by atoms with van der Waals surface area (Å²) in [6.07, 6.45) is 16.6. The number of carbonyl (C=O) groups excluding carboxylic acids is 1. The highest BCUT2D eigenvalue weighted by Crippen LogP contribution is 2.15. The van der Waals surface area contributed by atoms with Crippen LogP contribution in [0.15, 0.2) is 0 Å². The zero-order valence-corrected chi connectivity index (χ0v) is 18.5. The second kappa shape index (κ2) is 20.7. The van der Waals surface area contributed by atoms with E-state index in [9.17, 15) is 9.90 Å². The highest BCUT2D eigenvalue weighted by atomic mass is 16.7. The number of hydroxylamine groups is 3. The fourth-order valence-electron chi connectivity index (χ4n) is 3.10. The van der Waals surface area contributed by atoms with Crippen LogP contribution in [-0.2, 0) is 9.63 Å². The minimum atomic E-state index is -0.995. The molecule has 0 rings (SSSR count). The molecule has 26 heavy (non-hydrogen) atoms. The van der Waals surface area contributed by atoms with Crippen LogP contribution in [0.25, 0.3) is 0 Å². The summed E-state index contributed by atoms with van der Waals surface area (Å²) in [6.45, 7) is 11.9. The molecule has 0 saturated carbocycles. The first-order valence-corrected chi connectivity index (χ1v) is 11.1. The first-order chi connectivity index (χ1) is 12.5. The summed E-state index contributed by atoms with van der Waals surface area (Å²) in [6, 6.07) is 0. The maximum Gasteiger partial charge on any atom is 0.109 e. The van der Waals surface area contributed by atoms with E-state index in [1.165, 1.54) is 97.1 Å². The molecule has 0 aromatic rings. The Morgan fingerprint density at radius 2 is 1.08 bits per heavy atom. The first kappa shape index (κ1) is 27.6. The lowest BCUT2D eigenvalue weighted by Crippen LogP contribution is -2.48. The van der Waals surface area contributed by atoms with E-state index in [4.69, 9.17) is 4.84 Å². The van der Waals surface area contributed by atoms with Crippen LogP contribution in [0, 0.1) is 0 Å². The van der Waals surface area contributed by atoms with Gasteiger partial charge in [-0.15, -0.1) is 0 Å². The number of aliphatic carboxylic acids is 1. The van der Waals surface area contributed by atoms with Crippen LogP contribution in [0.2, 0.25) is 0 Å². The number of nitrogens with zero attached hydrogens (tertiary/aromatic N) is 1. The Balaban J connectivity index is 0. The maximum absolute atomic E-state index is 9.26. The number of carboxylic acid groups (broad SMARTS) is 1. The van der Waals surface area contributed by atoms with Crippen molar-refractivity contribution in [3.8, 4) is 0 Å². The molecule has 0 aromatic heterocycles. The molecule has 0 aliphatic carbocycles. The van der Waals surface area contributed by atoms with Gasteiger partial charge in [0, 0.05) is 5.97 Å². The van der Waals surface area contributed by atoms with Crippen LogP contribution in [0.3, 0.4) is 0 Å². The van der Waals surface area contributed by atoms with E-state index in [2.05, 4.69) is 20.8 Å². The number of hydrogen-bond donors (Lipinski definition) is 0. The monoisotopic (exact) mass is 373 g/mol. The molecule has 0 fully saturated rings. The Kier molecular flexibility index (Phi) is 22.0. The summed E-state index contributed by atoms with van der Waals surface area (Å²) in [5, 5.41) is 9.26. The van der Waals surface area contributed by atoms with Crippen LogP contribution >= 0.6 is 0 Å². The average Bonchev–Trinajstić information content (AvgIpc) is 2.66. The van der Waals surface area contributed by atoms with Crippen molar-refractivity contribution in [1.29, 1.82) is 0 Å². The number of hydrogen-bond acceptors (Lipinski definition) is 3. The lowest BCUT2D eigenvalue weighted by molar-refractivity contribution is -1.10. The molecule has 0 aliphatic heterocycles. The van der Waals surface area contributed by atoms with Gasteiger partial charge in [-0.05, 0) is 39.0 Å². The third kappa shape index (κ3) is 18.2. The van der Waals surface area contributed by atoms with E-state index in [0.29, 0.717) is 0 Å². The van der Waals surface area contributed by atoms with Crippen molar-refractivity contribution < 1.29 is 19.4 Å². The van der Waals surface area contributed by atoms with Crippen LogP contribution in [0.1, 0.15) is 111 Å². The third-order valence-electron chi connectivity index (χ3n) is 5.09. The standard InChI is InChI=1S/C19H42NO.C3H6O2/c1-5-8-10-12-14-16-18-20(7-3,21-4)19-17-15-13-11-9-6-2;1-2-3(4)5/h5-19H2,1-4H3;2H2,1H3,(H,4,5)/q+1;/p-1. The van der Waals surface area contributed by atoms with E-state index in [1.54, 1.807) is 0 Å². The first-order valence-electron chi connectivity index (χ1n) is 11.1. The van der Waals surface area contributed by atoms with Gasteiger partial charge in [0.15, 0.2) is 0 Å². The van der Waals surface area contributed by atoms with E-state index >= 15 is 0 Å². The van der Waals surface area contributed by atoms with Crippen molar-refractivity contribution in [2.75, 3.05) is 26.7 Å². The summed E-state index contributed by atoms with van der Waals surface area (Å²) in [5.74, 6) is -0.995. The van der Waals surface area contributed by atoms with Crippen LogP contribution in [0.4, 0.5) is 0 Å². The number of quaternary nitrogens is 1. The fourth-order valence-corrected chi connectivity index (χ4v) is 3.10. The van der Waals surface area contributed by atoms with Gasteiger partial charge in [0.1, 0.15) is 19.6 Å². The minimum absolute atomic E-state index is 0.111. The van der Waals surface area contributed by atoms with Crippen LogP contribution in [-0.4, -0.2) is 37.4 Å². The van der Waals surface area contributed by atoms with Crippen LogP contribution < -0.4 is 5.11 Å². The fraction of sp³-hybridized carbons (Fsp3) is 0.955. The summed E-state index contributed by atoms with van der Waals surface area (Å²) < 4.78 is 0.877. The summed E-state index contributed by atoms with van der Waals surface area (Å²) >= 11 is 0. The molecule has 0 aliphatic rings.